The molecular weight excluding hydrogens is 289 g/mol. The van der Waals surface area contributed by atoms with Gasteiger partial charge < -0.3 is 5.11 Å². The van der Waals surface area contributed by atoms with Crippen LogP contribution in [0.2, 0.25) is 0 Å². The molecule has 3 nitrogen and oxygen atoms in total. The molecule has 1 aromatic heterocycles. The van der Waals surface area contributed by atoms with E-state index >= 15 is 0 Å². The SMILES string of the molecule is O=C(O)c1cc(Br)ccc1-c1cncc(F)c1. The summed E-state index contributed by atoms with van der Waals surface area (Å²) in [5, 5.41) is 9.09. The Bertz CT molecular complexity index is 586. The standard InChI is InChI=1S/C12H7BrFNO2/c13-8-1-2-10(11(4-8)12(16)17)7-3-9(14)6-15-5-7/h1-6H,(H,16,17). The predicted molar refractivity (Wildman–Crippen MR) is 64.3 cm³/mol. The minimum atomic E-state index is -1.06. The van der Waals surface area contributed by atoms with Crippen molar-refractivity contribution >= 4 is 21.9 Å². The number of carboxylic acid groups (broad SMARTS) is 1. The lowest BCUT2D eigenvalue weighted by Crippen LogP contribution is -2.00. The van der Waals surface area contributed by atoms with Crippen LogP contribution in [0.4, 0.5) is 4.39 Å². The number of halogens is 2. The first-order chi connectivity index (χ1) is 8.08. The van der Waals surface area contributed by atoms with Crippen molar-refractivity contribution in [3.8, 4) is 11.1 Å². The summed E-state index contributed by atoms with van der Waals surface area (Å²) in [6.45, 7) is 0. The van der Waals surface area contributed by atoms with Crippen LogP contribution in [-0.2, 0) is 0 Å². The van der Waals surface area contributed by atoms with E-state index in [-0.39, 0.29) is 5.56 Å². The highest BCUT2D eigenvalue weighted by Crippen LogP contribution is 2.26. The van der Waals surface area contributed by atoms with Gasteiger partial charge in [0.2, 0.25) is 0 Å². The molecule has 1 aromatic carbocycles. The lowest BCUT2D eigenvalue weighted by molar-refractivity contribution is 0.0697. The van der Waals surface area contributed by atoms with Crippen molar-refractivity contribution in [3.05, 3.63) is 52.5 Å². The quantitative estimate of drug-likeness (QED) is 0.924. The average molecular weight is 296 g/mol. The molecule has 0 amide bonds. The van der Waals surface area contributed by atoms with Gasteiger partial charge in [0.25, 0.3) is 0 Å². The van der Waals surface area contributed by atoms with Gasteiger partial charge in [0, 0.05) is 16.2 Å². The average Bonchev–Trinajstić information content (AvgIpc) is 2.28. The number of carbonyl (C=O) groups is 1. The highest BCUT2D eigenvalue weighted by atomic mass is 79.9. The van der Waals surface area contributed by atoms with E-state index < -0.39 is 11.8 Å². The molecule has 0 spiro atoms. The van der Waals surface area contributed by atoms with Gasteiger partial charge in [0.05, 0.1) is 11.8 Å². The molecule has 2 aromatic rings. The van der Waals surface area contributed by atoms with Crippen LogP contribution in [0.25, 0.3) is 11.1 Å². The van der Waals surface area contributed by atoms with E-state index in [0.717, 1.165) is 6.20 Å². The zero-order chi connectivity index (χ0) is 12.4. The normalized spacial score (nSPS) is 10.2. The number of hydrogen-bond acceptors (Lipinski definition) is 2. The first kappa shape index (κ1) is 11.7. The van der Waals surface area contributed by atoms with E-state index in [1.54, 1.807) is 12.1 Å². The Morgan fingerprint density at radius 2 is 2.06 bits per heavy atom. The molecule has 17 heavy (non-hydrogen) atoms. The summed E-state index contributed by atoms with van der Waals surface area (Å²) in [4.78, 5) is 14.8. The second kappa shape index (κ2) is 4.63. The van der Waals surface area contributed by atoms with Gasteiger partial charge in [-0.15, -0.1) is 0 Å². The van der Waals surface area contributed by atoms with Crippen molar-refractivity contribution in [2.24, 2.45) is 0 Å². The van der Waals surface area contributed by atoms with E-state index in [1.807, 2.05) is 0 Å². The fraction of sp³-hybridized carbons (Fsp3) is 0. The number of rotatable bonds is 2. The lowest BCUT2D eigenvalue weighted by Gasteiger charge is -2.06. The Labute approximate surface area is 105 Å². The zero-order valence-corrected chi connectivity index (χ0v) is 10.1. The van der Waals surface area contributed by atoms with Crippen molar-refractivity contribution in [2.75, 3.05) is 0 Å². The van der Waals surface area contributed by atoms with Crippen LogP contribution in [0.5, 0.6) is 0 Å². The maximum atomic E-state index is 13.0. The van der Waals surface area contributed by atoms with E-state index in [9.17, 15) is 9.18 Å². The van der Waals surface area contributed by atoms with Gasteiger partial charge in [-0.1, -0.05) is 22.0 Å². The van der Waals surface area contributed by atoms with Gasteiger partial charge >= 0.3 is 5.97 Å². The number of carboxylic acids is 1. The molecule has 2 rings (SSSR count). The number of aromatic nitrogens is 1. The van der Waals surface area contributed by atoms with Gasteiger partial charge in [-0.2, -0.15) is 0 Å². The first-order valence-electron chi connectivity index (χ1n) is 4.71. The van der Waals surface area contributed by atoms with Crippen molar-refractivity contribution < 1.29 is 14.3 Å². The smallest absolute Gasteiger partial charge is 0.336 e. The zero-order valence-electron chi connectivity index (χ0n) is 8.52. The van der Waals surface area contributed by atoms with E-state index in [4.69, 9.17) is 5.11 Å². The van der Waals surface area contributed by atoms with Gasteiger partial charge in [-0.3, -0.25) is 4.98 Å². The minimum absolute atomic E-state index is 0.103. The summed E-state index contributed by atoms with van der Waals surface area (Å²) in [5.74, 6) is -1.56. The highest BCUT2D eigenvalue weighted by Gasteiger charge is 2.12. The van der Waals surface area contributed by atoms with Crippen LogP contribution < -0.4 is 0 Å². The van der Waals surface area contributed by atoms with Crippen molar-refractivity contribution in [2.45, 2.75) is 0 Å². The maximum absolute atomic E-state index is 13.0. The fourth-order valence-corrected chi connectivity index (χ4v) is 1.87. The van der Waals surface area contributed by atoms with Crippen molar-refractivity contribution in [3.63, 3.8) is 0 Å². The predicted octanol–water partition coefficient (Wildman–Crippen LogP) is 3.35. The molecule has 0 saturated carbocycles. The number of nitrogens with zero attached hydrogens (tertiary/aromatic N) is 1. The molecule has 5 heteroatoms. The van der Waals surface area contributed by atoms with Crippen LogP contribution in [0, 0.1) is 5.82 Å². The number of pyridine rings is 1. The molecule has 0 fully saturated rings. The van der Waals surface area contributed by atoms with E-state index in [0.29, 0.717) is 15.6 Å². The summed E-state index contributed by atoms with van der Waals surface area (Å²) in [6, 6.07) is 6.04. The second-order valence-corrected chi connectivity index (χ2v) is 4.30. The Balaban J connectivity index is 2.63. The van der Waals surface area contributed by atoms with Gasteiger partial charge in [-0.05, 0) is 23.8 Å². The van der Waals surface area contributed by atoms with E-state index in [2.05, 4.69) is 20.9 Å². The van der Waals surface area contributed by atoms with Gasteiger partial charge in [0.1, 0.15) is 5.82 Å². The topological polar surface area (TPSA) is 50.2 Å². The Morgan fingerprint density at radius 1 is 1.29 bits per heavy atom. The maximum Gasteiger partial charge on any atom is 0.336 e. The first-order valence-corrected chi connectivity index (χ1v) is 5.51. The summed E-state index contributed by atoms with van der Waals surface area (Å²) in [6.07, 6.45) is 2.50. The molecule has 86 valence electrons. The molecule has 0 saturated heterocycles. The summed E-state index contributed by atoms with van der Waals surface area (Å²) in [7, 11) is 0. The molecule has 1 N–H and O–H groups in total. The largest absolute Gasteiger partial charge is 0.478 e. The molecule has 0 atom stereocenters. The molecule has 0 aliphatic heterocycles. The monoisotopic (exact) mass is 295 g/mol. The molecule has 1 heterocycles. The Hall–Kier alpha value is -1.75. The third-order valence-electron chi connectivity index (χ3n) is 2.23. The molecule has 0 unspecified atom stereocenters. The lowest BCUT2D eigenvalue weighted by atomic mass is 10.0. The van der Waals surface area contributed by atoms with Crippen LogP contribution in [0.3, 0.4) is 0 Å². The Kier molecular flexibility index (Phi) is 3.19. The van der Waals surface area contributed by atoms with Crippen LogP contribution in [0.1, 0.15) is 10.4 Å². The molecular formula is C12H7BrFNO2. The van der Waals surface area contributed by atoms with Crippen LogP contribution >= 0.6 is 15.9 Å². The molecule has 0 bridgehead atoms. The Morgan fingerprint density at radius 3 is 2.71 bits per heavy atom. The van der Waals surface area contributed by atoms with Crippen LogP contribution in [-0.4, -0.2) is 16.1 Å². The molecule has 0 aliphatic rings. The van der Waals surface area contributed by atoms with Crippen LogP contribution in [0.15, 0.2) is 41.1 Å². The third-order valence-corrected chi connectivity index (χ3v) is 2.72. The number of benzene rings is 1. The molecule has 0 aliphatic carbocycles. The van der Waals surface area contributed by atoms with Gasteiger partial charge in [0.15, 0.2) is 0 Å². The number of aromatic carboxylic acids is 1. The third kappa shape index (κ3) is 2.50. The van der Waals surface area contributed by atoms with Crippen molar-refractivity contribution in [1.82, 2.24) is 4.98 Å². The summed E-state index contributed by atoms with van der Waals surface area (Å²) >= 11 is 3.20. The second-order valence-electron chi connectivity index (χ2n) is 3.39. The van der Waals surface area contributed by atoms with Crippen molar-refractivity contribution in [1.29, 1.82) is 0 Å². The fourth-order valence-electron chi connectivity index (χ4n) is 1.50. The molecule has 0 radical (unpaired) electrons. The van der Waals surface area contributed by atoms with E-state index in [1.165, 1.54) is 18.3 Å². The highest BCUT2D eigenvalue weighted by molar-refractivity contribution is 9.10. The minimum Gasteiger partial charge on any atom is -0.478 e. The summed E-state index contributed by atoms with van der Waals surface area (Å²) < 4.78 is 13.7. The van der Waals surface area contributed by atoms with Gasteiger partial charge in [-0.25, -0.2) is 9.18 Å². The summed E-state index contributed by atoms with van der Waals surface area (Å²) in [5.41, 5.74) is 0.981. The number of hydrogen-bond donors (Lipinski definition) is 1.